The van der Waals surface area contributed by atoms with Crippen LogP contribution in [0.5, 0.6) is 0 Å². The summed E-state index contributed by atoms with van der Waals surface area (Å²) in [7, 11) is 0. The molecule has 0 saturated carbocycles. The van der Waals surface area contributed by atoms with Gasteiger partial charge in [0.1, 0.15) is 11.6 Å². The molecule has 0 amide bonds. The van der Waals surface area contributed by atoms with Gasteiger partial charge in [-0.1, -0.05) is 6.07 Å². The van der Waals surface area contributed by atoms with Crippen molar-refractivity contribution in [1.82, 2.24) is 24.9 Å². The van der Waals surface area contributed by atoms with Crippen LogP contribution < -0.4 is 16.0 Å². The van der Waals surface area contributed by atoms with Crippen LogP contribution in [0, 0.1) is 0 Å². The van der Waals surface area contributed by atoms with Crippen molar-refractivity contribution >= 4 is 23.5 Å². The van der Waals surface area contributed by atoms with E-state index in [1.54, 1.807) is 18.6 Å². The lowest BCUT2D eigenvalue weighted by Crippen LogP contribution is -2.37. The van der Waals surface area contributed by atoms with Crippen molar-refractivity contribution in [2.75, 3.05) is 42.3 Å². The topological polar surface area (TPSA) is 115 Å². The molecule has 1 fully saturated rings. The number of nitrogens with one attached hydrogen (secondary N) is 1. The lowest BCUT2D eigenvalue weighted by atomic mass is 10.2. The van der Waals surface area contributed by atoms with E-state index >= 15 is 0 Å². The SMILES string of the molecule is Nc1ncc(-c2cc(Nc3ccccn3)nc(N3CCOCC3)n2)cn1. The summed E-state index contributed by atoms with van der Waals surface area (Å²) < 4.78 is 5.42. The van der Waals surface area contributed by atoms with E-state index in [1.807, 2.05) is 24.3 Å². The molecule has 0 spiro atoms. The van der Waals surface area contributed by atoms with Gasteiger partial charge in [0.25, 0.3) is 0 Å². The second-order valence-corrected chi connectivity index (χ2v) is 5.71. The lowest BCUT2D eigenvalue weighted by Gasteiger charge is -2.27. The Kier molecular flexibility index (Phi) is 4.52. The normalized spacial score (nSPS) is 14.2. The molecule has 4 rings (SSSR count). The Bertz CT molecular complexity index is 866. The number of ether oxygens (including phenoxy) is 1. The molecule has 9 nitrogen and oxygen atoms in total. The van der Waals surface area contributed by atoms with Gasteiger partial charge in [-0.25, -0.2) is 19.9 Å². The fourth-order valence-electron chi connectivity index (χ4n) is 2.59. The van der Waals surface area contributed by atoms with E-state index in [2.05, 4.69) is 35.1 Å². The molecule has 26 heavy (non-hydrogen) atoms. The summed E-state index contributed by atoms with van der Waals surface area (Å²) in [4.78, 5) is 23.8. The Balaban J connectivity index is 1.72. The first kappa shape index (κ1) is 16.2. The molecule has 3 aromatic rings. The van der Waals surface area contributed by atoms with Gasteiger partial charge in [-0.15, -0.1) is 0 Å². The number of nitrogens with two attached hydrogens (primary N) is 1. The first-order valence-electron chi connectivity index (χ1n) is 8.26. The predicted octanol–water partition coefficient (Wildman–Crippen LogP) is 1.49. The van der Waals surface area contributed by atoms with Crippen LogP contribution in [-0.2, 0) is 4.74 Å². The summed E-state index contributed by atoms with van der Waals surface area (Å²) in [6.45, 7) is 2.79. The van der Waals surface area contributed by atoms with Crippen LogP contribution in [0.4, 0.5) is 23.5 Å². The molecule has 0 radical (unpaired) electrons. The Hall–Kier alpha value is -3.33. The molecule has 4 heterocycles. The van der Waals surface area contributed by atoms with E-state index in [0.717, 1.165) is 18.7 Å². The molecule has 0 atom stereocenters. The van der Waals surface area contributed by atoms with E-state index in [0.29, 0.717) is 36.5 Å². The first-order chi connectivity index (χ1) is 12.8. The molecular formula is C17H18N8O. The number of nitrogens with zero attached hydrogens (tertiary/aromatic N) is 6. The van der Waals surface area contributed by atoms with Crippen LogP contribution in [0.2, 0.25) is 0 Å². The maximum absolute atomic E-state index is 5.59. The number of aromatic nitrogens is 5. The summed E-state index contributed by atoms with van der Waals surface area (Å²) in [6.07, 6.45) is 5.03. The monoisotopic (exact) mass is 350 g/mol. The molecule has 0 aromatic carbocycles. The van der Waals surface area contributed by atoms with Crippen LogP contribution in [-0.4, -0.2) is 51.2 Å². The Morgan fingerprint density at radius 1 is 1.00 bits per heavy atom. The van der Waals surface area contributed by atoms with E-state index in [9.17, 15) is 0 Å². The Morgan fingerprint density at radius 2 is 1.81 bits per heavy atom. The third-order valence-electron chi connectivity index (χ3n) is 3.90. The van der Waals surface area contributed by atoms with Gasteiger partial charge >= 0.3 is 0 Å². The van der Waals surface area contributed by atoms with E-state index in [1.165, 1.54) is 0 Å². The molecule has 1 saturated heterocycles. The molecule has 3 aromatic heterocycles. The standard InChI is InChI=1S/C17H18N8O/c18-16-20-10-12(11-21-16)13-9-15(23-14-3-1-2-4-19-14)24-17(22-13)25-5-7-26-8-6-25/h1-4,9-11H,5-8H2,(H2,18,20,21)(H,19,22,23,24). The highest BCUT2D eigenvalue weighted by atomic mass is 16.5. The highest BCUT2D eigenvalue weighted by molar-refractivity contribution is 5.66. The first-order valence-corrected chi connectivity index (χ1v) is 8.26. The quantitative estimate of drug-likeness (QED) is 0.722. The van der Waals surface area contributed by atoms with Crippen LogP contribution in [0.3, 0.4) is 0 Å². The van der Waals surface area contributed by atoms with Crippen molar-refractivity contribution in [1.29, 1.82) is 0 Å². The van der Waals surface area contributed by atoms with Crippen molar-refractivity contribution in [3.05, 3.63) is 42.9 Å². The minimum Gasteiger partial charge on any atom is -0.378 e. The molecular weight excluding hydrogens is 332 g/mol. The van der Waals surface area contributed by atoms with Crippen molar-refractivity contribution in [2.45, 2.75) is 0 Å². The van der Waals surface area contributed by atoms with Crippen LogP contribution in [0.1, 0.15) is 0 Å². The van der Waals surface area contributed by atoms with Gasteiger partial charge in [-0.2, -0.15) is 4.98 Å². The van der Waals surface area contributed by atoms with Gasteiger partial charge in [0, 0.05) is 43.3 Å². The van der Waals surface area contributed by atoms with Crippen LogP contribution in [0.15, 0.2) is 42.9 Å². The fraction of sp³-hybridized carbons (Fsp3) is 0.235. The Morgan fingerprint density at radius 3 is 2.54 bits per heavy atom. The third-order valence-corrected chi connectivity index (χ3v) is 3.90. The van der Waals surface area contributed by atoms with E-state index in [4.69, 9.17) is 10.5 Å². The number of hydrogen-bond donors (Lipinski definition) is 2. The smallest absolute Gasteiger partial charge is 0.228 e. The molecule has 9 heteroatoms. The number of pyridine rings is 1. The second-order valence-electron chi connectivity index (χ2n) is 5.71. The van der Waals surface area contributed by atoms with E-state index < -0.39 is 0 Å². The van der Waals surface area contributed by atoms with Crippen molar-refractivity contribution in [3.8, 4) is 11.3 Å². The van der Waals surface area contributed by atoms with Crippen molar-refractivity contribution in [2.24, 2.45) is 0 Å². The van der Waals surface area contributed by atoms with Gasteiger partial charge < -0.3 is 20.7 Å². The van der Waals surface area contributed by atoms with Gasteiger partial charge in [0.15, 0.2) is 0 Å². The van der Waals surface area contributed by atoms with Crippen molar-refractivity contribution < 1.29 is 4.74 Å². The number of anilines is 4. The van der Waals surface area contributed by atoms with Gasteiger partial charge in [-0.05, 0) is 12.1 Å². The summed E-state index contributed by atoms with van der Waals surface area (Å²) in [5, 5.41) is 3.22. The van der Waals surface area contributed by atoms with Gasteiger partial charge in [0.05, 0.1) is 18.9 Å². The third kappa shape index (κ3) is 3.67. The lowest BCUT2D eigenvalue weighted by molar-refractivity contribution is 0.122. The second kappa shape index (κ2) is 7.28. The maximum atomic E-state index is 5.59. The van der Waals surface area contributed by atoms with Crippen LogP contribution in [0.25, 0.3) is 11.3 Å². The zero-order valence-electron chi connectivity index (χ0n) is 14.0. The highest BCUT2D eigenvalue weighted by Gasteiger charge is 2.17. The van der Waals surface area contributed by atoms with Crippen LogP contribution >= 0.6 is 0 Å². The number of morpholine rings is 1. The number of nitrogen functional groups attached to an aromatic ring is 1. The molecule has 1 aliphatic heterocycles. The minimum atomic E-state index is 0.225. The number of rotatable bonds is 4. The maximum Gasteiger partial charge on any atom is 0.228 e. The average Bonchev–Trinajstić information content (AvgIpc) is 2.70. The summed E-state index contributed by atoms with van der Waals surface area (Å²) >= 11 is 0. The predicted molar refractivity (Wildman–Crippen MR) is 98.0 cm³/mol. The fourth-order valence-corrected chi connectivity index (χ4v) is 2.59. The zero-order chi connectivity index (χ0) is 17.8. The Labute approximate surface area is 150 Å². The van der Waals surface area contributed by atoms with Crippen molar-refractivity contribution in [3.63, 3.8) is 0 Å². The molecule has 1 aliphatic rings. The molecule has 3 N–H and O–H groups in total. The minimum absolute atomic E-state index is 0.225. The highest BCUT2D eigenvalue weighted by Crippen LogP contribution is 2.24. The summed E-state index contributed by atoms with van der Waals surface area (Å²) in [5.74, 6) is 2.20. The summed E-state index contributed by atoms with van der Waals surface area (Å²) in [5.41, 5.74) is 7.06. The molecule has 132 valence electrons. The number of hydrogen-bond acceptors (Lipinski definition) is 9. The largest absolute Gasteiger partial charge is 0.378 e. The average molecular weight is 350 g/mol. The molecule has 0 bridgehead atoms. The molecule has 0 unspecified atom stereocenters. The zero-order valence-corrected chi connectivity index (χ0v) is 14.0. The van der Waals surface area contributed by atoms with Gasteiger partial charge in [0.2, 0.25) is 11.9 Å². The summed E-state index contributed by atoms with van der Waals surface area (Å²) in [6, 6.07) is 7.49. The van der Waals surface area contributed by atoms with Gasteiger partial charge in [-0.3, -0.25) is 0 Å². The molecule has 0 aliphatic carbocycles. The van der Waals surface area contributed by atoms with E-state index in [-0.39, 0.29) is 5.95 Å².